The number of benzene rings is 3. The number of unbranched alkanes of at least 4 members (excludes halogenated alkanes) is 2. The zero-order valence-corrected chi connectivity index (χ0v) is 21.5. The van der Waals surface area contributed by atoms with Crippen LogP contribution in [0.25, 0.3) is 17.2 Å². The summed E-state index contributed by atoms with van der Waals surface area (Å²) in [6.07, 6.45) is 9.26. The lowest BCUT2D eigenvalue weighted by molar-refractivity contribution is 0.286. The Morgan fingerprint density at radius 1 is 0.784 bits per heavy atom. The topological polar surface area (TPSA) is 9.23 Å². The van der Waals surface area contributed by atoms with Gasteiger partial charge in [-0.2, -0.15) is 4.39 Å². The summed E-state index contributed by atoms with van der Waals surface area (Å²) in [6, 6.07) is 13.7. The van der Waals surface area contributed by atoms with Crippen molar-refractivity contribution in [2.75, 3.05) is 6.61 Å². The third kappa shape index (κ3) is 6.44. The molecule has 4 rings (SSSR count). The van der Waals surface area contributed by atoms with E-state index in [1.165, 1.54) is 12.1 Å². The molecule has 1 aliphatic carbocycles. The van der Waals surface area contributed by atoms with Gasteiger partial charge in [-0.15, -0.1) is 0 Å². The predicted octanol–water partition coefficient (Wildman–Crippen LogP) is 9.77. The van der Waals surface area contributed by atoms with Gasteiger partial charge in [-0.1, -0.05) is 73.9 Å². The minimum atomic E-state index is -0.964. The second-order valence-electron chi connectivity index (χ2n) is 10.0. The normalized spacial score (nSPS) is 17.9. The lowest BCUT2D eigenvalue weighted by atomic mass is 9.78. The molecule has 3 aromatic carbocycles. The maximum atomic E-state index is 15.0. The van der Waals surface area contributed by atoms with E-state index < -0.39 is 23.3 Å². The standard InChI is InChI=1S/C32H34F4O/c1-3-4-5-20-37-28-19-16-25(29(33)32(28)36)15-10-22-8-13-24(14-9-22)27-18-17-26(30(34)31(27)35)23-11-6-21(2)7-12-23/h6-7,10-12,15-19,22,24H,3-5,8-9,13-14,20H2,1-2H3/b15-10+. The van der Waals surface area contributed by atoms with Crippen LogP contribution in [0.15, 0.2) is 54.6 Å². The van der Waals surface area contributed by atoms with E-state index in [2.05, 4.69) is 6.92 Å². The van der Waals surface area contributed by atoms with Crippen LogP contribution in [0.4, 0.5) is 17.6 Å². The van der Waals surface area contributed by atoms with E-state index in [4.69, 9.17) is 4.74 Å². The number of ether oxygens (including phenoxy) is 1. The summed E-state index contributed by atoms with van der Waals surface area (Å²) in [4.78, 5) is 0. The lowest BCUT2D eigenvalue weighted by Gasteiger charge is -2.27. The first-order valence-electron chi connectivity index (χ1n) is 13.2. The van der Waals surface area contributed by atoms with Gasteiger partial charge in [0.05, 0.1) is 6.61 Å². The van der Waals surface area contributed by atoms with Gasteiger partial charge in [-0.3, -0.25) is 0 Å². The van der Waals surface area contributed by atoms with Crippen LogP contribution in [0.5, 0.6) is 5.75 Å². The van der Waals surface area contributed by atoms with Crippen LogP contribution in [0.2, 0.25) is 0 Å². The fourth-order valence-electron chi connectivity index (χ4n) is 5.02. The van der Waals surface area contributed by atoms with E-state index in [-0.39, 0.29) is 28.7 Å². The molecule has 5 heteroatoms. The van der Waals surface area contributed by atoms with Crippen molar-refractivity contribution in [3.63, 3.8) is 0 Å². The number of hydrogen-bond acceptors (Lipinski definition) is 1. The number of aryl methyl sites for hydroxylation is 1. The van der Waals surface area contributed by atoms with Crippen LogP contribution in [0, 0.1) is 36.1 Å². The van der Waals surface area contributed by atoms with E-state index in [1.54, 1.807) is 30.3 Å². The van der Waals surface area contributed by atoms with Gasteiger partial charge in [-0.05, 0) is 74.1 Å². The highest BCUT2D eigenvalue weighted by Crippen LogP contribution is 2.39. The number of rotatable bonds is 9. The molecule has 0 heterocycles. The minimum absolute atomic E-state index is 0.0612. The average Bonchev–Trinajstić information content (AvgIpc) is 2.91. The first kappa shape index (κ1) is 27.0. The number of allylic oxidation sites excluding steroid dienone is 1. The van der Waals surface area contributed by atoms with Gasteiger partial charge in [0.2, 0.25) is 5.82 Å². The molecule has 0 unspecified atom stereocenters. The van der Waals surface area contributed by atoms with Gasteiger partial charge in [0.25, 0.3) is 0 Å². The van der Waals surface area contributed by atoms with E-state index in [0.29, 0.717) is 30.6 Å². The largest absolute Gasteiger partial charge is 0.490 e. The zero-order chi connectivity index (χ0) is 26.4. The molecule has 0 saturated heterocycles. The summed E-state index contributed by atoms with van der Waals surface area (Å²) in [5.74, 6) is -3.41. The van der Waals surface area contributed by atoms with Crippen molar-refractivity contribution in [1.82, 2.24) is 0 Å². The molecule has 0 spiro atoms. The predicted molar refractivity (Wildman–Crippen MR) is 142 cm³/mol. The van der Waals surface area contributed by atoms with Crippen molar-refractivity contribution in [1.29, 1.82) is 0 Å². The molecule has 0 atom stereocenters. The van der Waals surface area contributed by atoms with E-state index >= 15 is 4.39 Å². The highest BCUT2D eigenvalue weighted by molar-refractivity contribution is 5.65. The minimum Gasteiger partial charge on any atom is -0.490 e. The second-order valence-corrected chi connectivity index (χ2v) is 10.0. The summed E-state index contributed by atoms with van der Waals surface area (Å²) in [7, 11) is 0. The molecule has 1 saturated carbocycles. The summed E-state index contributed by atoms with van der Waals surface area (Å²) < 4.78 is 64.3. The molecular weight excluding hydrogens is 476 g/mol. The number of halogens is 4. The molecule has 1 nitrogen and oxygen atoms in total. The van der Waals surface area contributed by atoms with Crippen molar-refractivity contribution in [3.05, 3.63) is 94.6 Å². The molecule has 196 valence electrons. The fraction of sp³-hybridized carbons (Fsp3) is 0.375. The van der Waals surface area contributed by atoms with Crippen LogP contribution in [0.1, 0.15) is 74.5 Å². The average molecular weight is 511 g/mol. The van der Waals surface area contributed by atoms with Crippen molar-refractivity contribution < 1.29 is 22.3 Å². The number of hydrogen-bond donors (Lipinski definition) is 0. The Balaban J connectivity index is 1.37. The van der Waals surface area contributed by atoms with Gasteiger partial charge in [0, 0.05) is 11.1 Å². The van der Waals surface area contributed by atoms with E-state index in [1.807, 2.05) is 25.1 Å². The maximum Gasteiger partial charge on any atom is 0.201 e. The monoisotopic (exact) mass is 510 g/mol. The molecule has 0 bridgehead atoms. The van der Waals surface area contributed by atoms with Crippen molar-refractivity contribution in [2.24, 2.45) is 5.92 Å². The first-order chi connectivity index (χ1) is 17.9. The van der Waals surface area contributed by atoms with E-state index in [0.717, 1.165) is 37.7 Å². The van der Waals surface area contributed by atoms with E-state index in [9.17, 15) is 13.2 Å². The van der Waals surface area contributed by atoms with Crippen molar-refractivity contribution in [3.8, 4) is 16.9 Å². The van der Waals surface area contributed by atoms with Crippen LogP contribution in [0.3, 0.4) is 0 Å². The molecule has 0 aliphatic heterocycles. The molecule has 0 aromatic heterocycles. The van der Waals surface area contributed by atoms with Crippen LogP contribution < -0.4 is 4.74 Å². The van der Waals surface area contributed by atoms with Crippen LogP contribution in [-0.2, 0) is 0 Å². The smallest absolute Gasteiger partial charge is 0.201 e. The summed E-state index contributed by atoms with van der Waals surface area (Å²) in [5, 5.41) is 0. The summed E-state index contributed by atoms with van der Waals surface area (Å²) in [6.45, 7) is 4.38. The zero-order valence-electron chi connectivity index (χ0n) is 21.5. The van der Waals surface area contributed by atoms with Crippen LogP contribution in [-0.4, -0.2) is 6.61 Å². The first-order valence-corrected chi connectivity index (χ1v) is 13.2. The Bertz CT molecular complexity index is 1220. The third-order valence-corrected chi connectivity index (χ3v) is 7.32. The molecule has 0 N–H and O–H groups in total. The molecule has 0 radical (unpaired) electrons. The van der Waals surface area contributed by atoms with Gasteiger partial charge in [0.15, 0.2) is 23.2 Å². The molecule has 37 heavy (non-hydrogen) atoms. The third-order valence-electron chi connectivity index (χ3n) is 7.32. The van der Waals surface area contributed by atoms with Crippen molar-refractivity contribution in [2.45, 2.75) is 64.7 Å². The molecule has 1 fully saturated rings. The molecule has 0 amide bonds. The quantitative estimate of drug-likeness (QED) is 0.206. The Morgan fingerprint density at radius 2 is 1.51 bits per heavy atom. The highest BCUT2D eigenvalue weighted by Gasteiger charge is 2.26. The van der Waals surface area contributed by atoms with Gasteiger partial charge >= 0.3 is 0 Å². The second kappa shape index (κ2) is 12.4. The fourth-order valence-corrected chi connectivity index (χ4v) is 5.02. The summed E-state index contributed by atoms with van der Waals surface area (Å²) >= 11 is 0. The van der Waals surface area contributed by atoms with Gasteiger partial charge < -0.3 is 4.74 Å². The molecule has 1 aliphatic rings. The Kier molecular flexibility index (Phi) is 9.07. The Morgan fingerprint density at radius 3 is 2.22 bits per heavy atom. The highest BCUT2D eigenvalue weighted by atomic mass is 19.2. The molecule has 3 aromatic rings. The summed E-state index contributed by atoms with van der Waals surface area (Å²) in [5.41, 5.74) is 2.58. The van der Waals surface area contributed by atoms with Gasteiger partial charge in [-0.25, -0.2) is 13.2 Å². The SMILES string of the molecule is CCCCCOc1ccc(/C=C/C2CCC(c3ccc(-c4ccc(C)cc4)c(F)c3F)CC2)c(F)c1F. The maximum absolute atomic E-state index is 15.0. The Hall–Kier alpha value is -3.08. The van der Waals surface area contributed by atoms with Crippen LogP contribution >= 0.6 is 0 Å². The van der Waals surface area contributed by atoms with Gasteiger partial charge in [0.1, 0.15) is 0 Å². The van der Waals surface area contributed by atoms with Crippen molar-refractivity contribution >= 4 is 6.08 Å². The lowest BCUT2D eigenvalue weighted by Crippen LogP contribution is -2.13. The Labute approximate surface area is 217 Å². The molecular formula is C32H34F4O.